The highest BCUT2D eigenvalue weighted by Crippen LogP contribution is 2.52. The molecule has 1 aliphatic carbocycles. The number of amides is 1. The van der Waals surface area contributed by atoms with E-state index in [1.54, 1.807) is 0 Å². The van der Waals surface area contributed by atoms with Gasteiger partial charge >= 0.3 is 0 Å². The highest BCUT2D eigenvalue weighted by Gasteiger charge is 2.48. The predicted molar refractivity (Wildman–Crippen MR) is 71.3 cm³/mol. The fourth-order valence-corrected chi connectivity index (χ4v) is 3.81. The molecule has 0 atom stereocenters. The smallest absolute Gasteiger partial charge is 0.225 e. The summed E-state index contributed by atoms with van der Waals surface area (Å²) in [6.45, 7) is 6.23. The van der Waals surface area contributed by atoms with E-state index < -0.39 is 0 Å². The Bertz CT molecular complexity index is 309. The minimum Gasteiger partial charge on any atom is -0.340 e. The molecule has 1 N–H and O–H groups in total. The molecule has 3 rings (SSSR count). The van der Waals surface area contributed by atoms with Crippen molar-refractivity contribution >= 4 is 5.91 Å². The van der Waals surface area contributed by atoms with Crippen LogP contribution < -0.4 is 5.32 Å². The van der Waals surface area contributed by atoms with Gasteiger partial charge in [0.05, 0.1) is 0 Å². The van der Waals surface area contributed by atoms with E-state index in [2.05, 4.69) is 22.2 Å². The highest BCUT2D eigenvalue weighted by atomic mass is 16.2. The van der Waals surface area contributed by atoms with Gasteiger partial charge in [-0.15, -0.1) is 0 Å². The van der Waals surface area contributed by atoms with Gasteiger partial charge in [-0.2, -0.15) is 0 Å². The summed E-state index contributed by atoms with van der Waals surface area (Å²) in [5.74, 6) is 0.777. The molecule has 2 heterocycles. The molecule has 1 spiro atoms. The molecule has 2 aliphatic heterocycles. The fourth-order valence-electron chi connectivity index (χ4n) is 3.81. The van der Waals surface area contributed by atoms with Crippen molar-refractivity contribution in [3.63, 3.8) is 0 Å². The Hall–Kier alpha value is -0.610. The maximum absolute atomic E-state index is 12.4. The average molecular weight is 251 g/mol. The number of likely N-dealkylation sites (N-methyl/N-ethyl adjacent to an activating group) is 1. The monoisotopic (exact) mass is 251 g/mol. The Labute approximate surface area is 110 Å². The minimum absolute atomic E-state index is 0.339. The first-order valence-corrected chi connectivity index (χ1v) is 7.37. The van der Waals surface area contributed by atoms with Crippen LogP contribution in [-0.2, 0) is 4.79 Å². The number of nitrogens with zero attached hydrogens (tertiary/aromatic N) is 2. The summed E-state index contributed by atoms with van der Waals surface area (Å²) in [5.41, 5.74) is 0.526. The van der Waals surface area contributed by atoms with E-state index in [0.717, 1.165) is 52.1 Å². The Morgan fingerprint density at radius 3 is 2.33 bits per heavy atom. The summed E-state index contributed by atoms with van der Waals surface area (Å²) < 4.78 is 0. The number of nitrogens with one attached hydrogen (secondary N) is 1. The summed E-state index contributed by atoms with van der Waals surface area (Å²) in [4.78, 5) is 16.8. The van der Waals surface area contributed by atoms with Crippen LogP contribution in [0.1, 0.15) is 25.7 Å². The number of hydrogen-bond donors (Lipinski definition) is 1. The van der Waals surface area contributed by atoms with Crippen LogP contribution in [0.15, 0.2) is 0 Å². The lowest BCUT2D eigenvalue weighted by molar-refractivity contribution is -0.146. The molecule has 102 valence electrons. The molecule has 3 aliphatic rings. The van der Waals surface area contributed by atoms with Crippen molar-refractivity contribution in [2.75, 3.05) is 46.3 Å². The molecule has 0 bridgehead atoms. The van der Waals surface area contributed by atoms with E-state index >= 15 is 0 Å². The molecule has 0 unspecified atom stereocenters. The molecule has 18 heavy (non-hydrogen) atoms. The van der Waals surface area contributed by atoms with Crippen molar-refractivity contribution in [2.45, 2.75) is 25.7 Å². The highest BCUT2D eigenvalue weighted by molar-refractivity contribution is 5.80. The van der Waals surface area contributed by atoms with Crippen LogP contribution in [0, 0.1) is 11.3 Å². The van der Waals surface area contributed by atoms with Crippen molar-refractivity contribution in [1.29, 1.82) is 0 Å². The minimum atomic E-state index is 0.339. The molecular formula is C14H25N3O. The van der Waals surface area contributed by atoms with Gasteiger partial charge in [-0.1, -0.05) is 0 Å². The van der Waals surface area contributed by atoms with Gasteiger partial charge < -0.3 is 15.1 Å². The van der Waals surface area contributed by atoms with E-state index in [9.17, 15) is 4.79 Å². The first kappa shape index (κ1) is 12.4. The predicted octanol–water partition coefficient (Wildman–Crippen LogP) is 0.540. The molecule has 1 amide bonds. The zero-order chi connectivity index (χ0) is 12.6. The van der Waals surface area contributed by atoms with Gasteiger partial charge in [0.2, 0.25) is 5.91 Å². The molecule has 0 radical (unpaired) electrons. The second-order valence-electron chi connectivity index (χ2n) is 6.48. The summed E-state index contributed by atoms with van der Waals surface area (Å²) in [5, 5.41) is 3.42. The van der Waals surface area contributed by atoms with Gasteiger partial charge in [0.15, 0.2) is 0 Å². The molecule has 1 saturated carbocycles. The third kappa shape index (κ3) is 2.28. The molecule has 0 aromatic carbocycles. The van der Waals surface area contributed by atoms with Gasteiger partial charge in [-0.05, 0) is 51.2 Å². The molecule has 4 nitrogen and oxygen atoms in total. The Morgan fingerprint density at radius 1 is 1.11 bits per heavy atom. The quantitative estimate of drug-likeness (QED) is 0.739. The SMILES string of the molecule is CN1CCN(C(=O)C2CC3(CCNCC3)C2)CC1. The van der Waals surface area contributed by atoms with Gasteiger partial charge in [-0.25, -0.2) is 0 Å². The van der Waals surface area contributed by atoms with Gasteiger partial charge in [0, 0.05) is 32.1 Å². The van der Waals surface area contributed by atoms with Crippen LogP contribution in [0.2, 0.25) is 0 Å². The Kier molecular flexibility index (Phi) is 3.32. The molecule has 0 aromatic heterocycles. The standard InChI is InChI=1S/C14H25N3O/c1-16-6-8-17(9-7-16)13(18)12-10-14(11-12)2-4-15-5-3-14/h12,15H,2-11H2,1H3. The second-order valence-corrected chi connectivity index (χ2v) is 6.48. The first-order chi connectivity index (χ1) is 8.69. The van der Waals surface area contributed by atoms with E-state index in [-0.39, 0.29) is 0 Å². The van der Waals surface area contributed by atoms with Crippen LogP contribution in [0.3, 0.4) is 0 Å². The van der Waals surface area contributed by atoms with Crippen molar-refractivity contribution in [2.24, 2.45) is 11.3 Å². The van der Waals surface area contributed by atoms with E-state index in [0.29, 0.717) is 17.2 Å². The van der Waals surface area contributed by atoms with Gasteiger partial charge in [0.25, 0.3) is 0 Å². The van der Waals surface area contributed by atoms with Crippen molar-refractivity contribution in [3.05, 3.63) is 0 Å². The number of carbonyl (C=O) groups excluding carboxylic acids is 1. The normalized spacial score (nSPS) is 29.3. The summed E-state index contributed by atoms with van der Waals surface area (Å²) in [7, 11) is 2.13. The van der Waals surface area contributed by atoms with Crippen molar-refractivity contribution in [3.8, 4) is 0 Å². The van der Waals surface area contributed by atoms with Crippen LogP contribution in [0.25, 0.3) is 0 Å². The summed E-state index contributed by atoms with van der Waals surface area (Å²) in [6.07, 6.45) is 4.86. The number of hydrogen-bond acceptors (Lipinski definition) is 3. The zero-order valence-corrected chi connectivity index (χ0v) is 11.5. The van der Waals surface area contributed by atoms with Crippen LogP contribution in [0.4, 0.5) is 0 Å². The van der Waals surface area contributed by atoms with Crippen LogP contribution in [-0.4, -0.2) is 62.0 Å². The molecule has 0 aromatic rings. The van der Waals surface area contributed by atoms with Gasteiger partial charge in [0.1, 0.15) is 0 Å². The number of piperidine rings is 1. The summed E-state index contributed by atoms with van der Waals surface area (Å²) in [6, 6.07) is 0. The average Bonchev–Trinajstić information content (AvgIpc) is 2.37. The van der Waals surface area contributed by atoms with Crippen molar-refractivity contribution < 1.29 is 4.79 Å². The van der Waals surface area contributed by atoms with Crippen molar-refractivity contribution in [1.82, 2.24) is 15.1 Å². The third-order valence-corrected chi connectivity index (χ3v) is 5.19. The maximum atomic E-state index is 12.4. The molecular weight excluding hydrogens is 226 g/mol. The van der Waals surface area contributed by atoms with E-state index in [4.69, 9.17) is 0 Å². The lowest BCUT2D eigenvalue weighted by atomic mass is 9.57. The van der Waals surface area contributed by atoms with E-state index in [1.165, 1.54) is 12.8 Å². The number of rotatable bonds is 1. The largest absolute Gasteiger partial charge is 0.340 e. The first-order valence-electron chi connectivity index (χ1n) is 7.37. The lowest BCUT2D eigenvalue weighted by Crippen LogP contribution is -2.54. The topological polar surface area (TPSA) is 35.6 Å². The Balaban J connectivity index is 1.50. The second kappa shape index (κ2) is 4.82. The molecule has 3 fully saturated rings. The van der Waals surface area contributed by atoms with E-state index in [1.807, 2.05) is 0 Å². The fraction of sp³-hybridized carbons (Fsp3) is 0.929. The third-order valence-electron chi connectivity index (χ3n) is 5.19. The van der Waals surface area contributed by atoms with Crippen LogP contribution >= 0.6 is 0 Å². The lowest BCUT2D eigenvalue weighted by Gasteiger charge is -2.51. The zero-order valence-electron chi connectivity index (χ0n) is 11.5. The summed E-state index contributed by atoms with van der Waals surface area (Å²) >= 11 is 0. The Morgan fingerprint density at radius 2 is 1.72 bits per heavy atom. The molecule has 2 saturated heterocycles. The van der Waals surface area contributed by atoms with Gasteiger partial charge in [-0.3, -0.25) is 4.79 Å². The maximum Gasteiger partial charge on any atom is 0.225 e. The van der Waals surface area contributed by atoms with Crippen LogP contribution in [0.5, 0.6) is 0 Å². The number of piperazine rings is 1. The molecule has 4 heteroatoms. The number of carbonyl (C=O) groups is 1.